The molecule has 1 amide bonds. The molecule has 1 aromatic carbocycles. The van der Waals surface area contributed by atoms with Crippen LogP contribution in [0.4, 0.5) is 24.5 Å². The van der Waals surface area contributed by atoms with Crippen LogP contribution < -0.4 is 10.2 Å². The molecule has 1 aliphatic rings. The molecule has 10 heteroatoms. The third-order valence-electron chi connectivity index (χ3n) is 4.32. The van der Waals surface area contributed by atoms with Gasteiger partial charge >= 0.3 is 6.18 Å². The maximum absolute atomic E-state index is 12.1. The molecule has 0 unspecified atom stereocenters. The molecule has 1 heterocycles. The van der Waals surface area contributed by atoms with Crippen molar-refractivity contribution in [2.45, 2.75) is 25.4 Å². The molecule has 0 aromatic heterocycles. The van der Waals surface area contributed by atoms with Crippen LogP contribution in [0.3, 0.4) is 0 Å². The average Bonchev–Trinajstić information content (AvgIpc) is 2.63. The number of nitro benzene ring substituents is 1. The quantitative estimate of drug-likeness (QED) is 0.420. The molecule has 0 bridgehead atoms. The maximum atomic E-state index is 12.1. The molecule has 1 saturated heterocycles. The fourth-order valence-corrected chi connectivity index (χ4v) is 2.99. The number of carbonyl (C=O) groups is 1. The Hall–Kier alpha value is -2.36. The molecule has 1 aromatic rings. The maximum Gasteiger partial charge on any atom is 0.411 e. The molecule has 1 fully saturated rings. The number of rotatable bonds is 8. The number of halogens is 3. The zero-order chi connectivity index (χ0) is 19.9. The Kier molecular flexibility index (Phi) is 7.40. The van der Waals surface area contributed by atoms with Gasteiger partial charge in [0, 0.05) is 38.2 Å². The molecule has 27 heavy (non-hydrogen) atoms. The predicted octanol–water partition coefficient (Wildman–Crippen LogP) is 2.90. The third kappa shape index (κ3) is 6.70. The molecule has 0 atom stereocenters. The monoisotopic (exact) mass is 389 g/mol. The van der Waals surface area contributed by atoms with Gasteiger partial charge in [-0.3, -0.25) is 14.9 Å². The van der Waals surface area contributed by atoms with Crippen LogP contribution in [0.1, 0.15) is 19.3 Å². The summed E-state index contributed by atoms with van der Waals surface area (Å²) in [6.45, 7) is -0.0583. The second-order valence-corrected chi connectivity index (χ2v) is 6.32. The minimum atomic E-state index is -4.34. The summed E-state index contributed by atoms with van der Waals surface area (Å²) in [6.07, 6.45) is -2.92. The molecular formula is C17H22F3N3O4. The van der Waals surface area contributed by atoms with Crippen molar-refractivity contribution in [3.63, 3.8) is 0 Å². The fraction of sp³-hybridized carbons (Fsp3) is 0.588. The van der Waals surface area contributed by atoms with Gasteiger partial charge in [0.25, 0.3) is 5.69 Å². The second-order valence-electron chi connectivity index (χ2n) is 6.32. The van der Waals surface area contributed by atoms with Crippen LogP contribution in [0, 0.1) is 16.0 Å². The van der Waals surface area contributed by atoms with Crippen LogP contribution in [0.5, 0.6) is 0 Å². The van der Waals surface area contributed by atoms with Gasteiger partial charge in [0.2, 0.25) is 5.91 Å². The summed E-state index contributed by atoms with van der Waals surface area (Å²) >= 11 is 0. The van der Waals surface area contributed by atoms with Crippen molar-refractivity contribution in [3.8, 4) is 0 Å². The van der Waals surface area contributed by atoms with E-state index >= 15 is 0 Å². The first-order valence-corrected chi connectivity index (χ1v) is 8.68. The topological polar surface area (TPSA) is 84.7 Å². The first kappa shape index (κ1) is 20.9. The number of piperidine rings is 1. The van der Waals surface area contributed by atoms with Crippen LogP contribution in [-0.2, 0) is 9.53 Å². The number of ether oxygens (including phenoxy) is 1. The Bertz CT molecular complexity index is 647. The van der Waals surface area contributed by atoms with Gasteiger partial charge < -0.3 is 15.0 Å². The number of amides is 1. The van der Waals surface area contributed by atoms with Gasteiger partial charge in [0.15, 0.2) is 0 Å². The average molecular weight is 389 g/mol. The lowest BCUT2D eigenvalue weighted by Crippen LogP contribution is -2.41. The minimum Gasteiger partial charge on any atom is -0.372 e. The van der Waals surface area contributed by atoms with Crippen LogP contribution in [0.15, 0.2) is 24.3 Å². The molecule has 7 nitrogen and oxygen atoms in total. The highest BCUT2D eigenvalue weighted by molar-refractivity contribution is 5.79. The highest BCUT2D eigenvalue weighted by atomic mass is 19.4. The summed E-state index contributed by atoms with van der Waals surface area (Å²) in [7, 11) is 0. The van der Waals surface area contributed by atoms with Crippen molar-refractivity contribution >= 4 is 17.3 Å². The van der Waals surface area contributed by atoms with E-state index in [1.165, 1.54) is 6.07 Å². The van der Waals surface area contributed by atoms with Crippen molar-refractivity contribution in [3.05, 3.63) is 34.4 Å². The summed E-state index contributed by atoms with van der Waals surface area (Å²) in [5.74, 6) is -0.354. The smallest absolute Gasteiger partial charge is 0.372 e. The van der Waals surface area contributed by atoms with E-state index in [0.717, 1.165) is 0 Å². The van der Waals surface area contributed by atoms with Gasteiger partial charge in [-0.25, -0.2) is 0 Å². The second kappa shape index (κ2) is 9.54. The van der Waals surface area contributed by atoms with Gasteiger partial charge in [-0.1, -0.05) is 12.1 Å². The number of alkyl halides is 3. The Balaban J connectivity index is 1.71. The summed E-state index contributed by atoms with van der Waals surface area (Å²) in [6, 6.07) is 6.50. The van der Waals surface area contributed by atoms with E-state index in [0.29, 0.717) is 38.0 Å². The standard InChI is InChI=1S/C17H22F3N3O4/c18-17(19,20)12-27-11-3-8-21-16(24)13-6-9-22(10-7-13)14-4-1-2-5-15(14)23(25)26/h1-2,4-5,13H,3,6-12H2,(H,21,24). The van der Waals surface area contributed by atoms with E-state index < -0.39 is 17.7 Å². The number of hydrogen-bond acceptors (Lipinski definition) is 5. The van der Waals surface area contributed by atoms with Gasteiger partial charge in [-0.15, -0.1) is 0 Å². The van der Waals surface area contributed by atoms with Crippen molar-refractivity contribution < 1.29 is 27.6 Å². The number of para-hydroxylation sites is 2. The molecule has 150 valence electrons. The van der Waals surface area contributed by atoms with Gasteiger partial charge in [-0.2, -0.15) is 13.2 Å². The largest absolute Gasteiger partial charge is 0.411 e. The molecule has 2 rings (SSSR count). The Morgan fingerprint density at radius 3 is 2.59 bits per heavy atom. The van der Waals surface area contributed by atoms with E-state index in [9.17, 15) is 28.1 Å². The number of benzene rings is 1. The number of hydrogen-bond donors (Lipinski definition) is 1. The molecule has 0 radical (unpaired) electrons. The van der Waals surface area contributed by atoms with Crippen molar-refractivity contribution in [1.29, 1.82) is 0 Å². The number of anilines is 1. The highest BCUT2D eigenvalue weighted by Gasteiger charge is 2.28. The van der Waals surface area contributed by atoms with Crippen LogP contribution in [0.25, 0.3) is 0 Å². The normalized spacial score (nSPS) is 15.6. The van der Waals surface area contributed by atoms with Gasteiger partial charge in [-0.05, 0) is 25.3 Å². The summed E-state index contributed by atoms with van der Waals surface area (Å²) < 4.78 is 40.3. The molecule has 0 saturated carbocycles. The fourth-order valence-electron chi connectivity index (χ4n) is 2.99. The molecule has 0 aliphatic carbocycles. The molecular weight excluding hydrogens is 367 g/mol. The summed E-state index contributed by atoms with van der Waals surface area (Å²) in [4.78, 5) is 24.8. The van der Waals surface area contributed by atoms with Crippen LogP contribution >= 0.6 is 0 Å². The van der Waals surface area contributed by atoms with E-state index in [2.05, 4.69) is 10.1 Å². The first-order valence-electron chi connectivity index (χ1n) is 8.68. The lowest BCUT2D eigenvalue weighted by molar-refractivity contribution is -0.384. The van der Waals surface area contributed by atoms with E-state index in [4.69, 9.17) is 0 Å². The van der Waals surface area contributed by atoms with Crippen LogP contribution in [0.2, 0.25) is 0 Å². The number of nitrogens with one attached hydrogen (secondary N) is 1. The van der Waals surface area contributed by atoms with Gasteiger partial charge in [0.05, 0.1) is 4.92 Å². The first-order chi connectivity index (χ1) is 12.8. The van der Waals surface area contributed by atoms with E-state index in [1.54, 1.807) is 18.2 Å². The third-order valence-corrected chi connectivity index (χ3v) is 4.32. The lowest BCUT2D eigenvalue weighted by atomic mass is 9.95. The lowest BCUT2D eigenvalue weighted by Gasteiger charge is -2.32. The Morgan fingerprint density at radius 1 is 1.30 bits per heavy atom. The SMILES string of the molecule is O=C(NCCCOCC(F)(F)F)C1CCN(c2ccccc2[N+](=O)[O-])CC1. The van der Waals surface area contributed by atoms with E-state index in [-0.39, 0.29) is 30.7 Å². The summed E-state index contributed by atoms with van der Waals surface area (Å²) in [5.41, 5.74) is 0.586. The summed E-state index contributed by atoms with van der Waals surface area (Å²) in [5, 5.41) is 13.8. The van der Waals surface area contributed by atoms with E-state index in [1.807, 2.05) is 4.90 Å². The van der Waals surface area contributed by atoms with Crippen molar-refractivity contribution in [2.75, 3.05) is 37.7 Å². The Morgan fingerprint density at radius 2 is 1.96 bits per heavy atom. The van der Waals surface area contributed by atoms with Crippen molar-refractivity contribution in [2.24, 2.45) is 5.92 Å². The predicted molar refractivity (Wildman–Crippen MR) is 92.5 cm³/mol. The Labute approximate surface area is 154 Å². The number of carbonyl (C=O) groups excluding carboxylic acids is 1. The molecule has 1 N–H and O–H groups in total. The molecule has 1 aliphatic heterocycles. The number of nitrogens with zero attached hydrogens (tertiary/aromatic N) is 2. The van der Waals surface area contributed by atoms with Crippen molar-refractivity contribution in [1.82, 2.24) is 5.32 Å². The van der Waals surface area contributed by atoms with Crippen LogP contribution in [-0.4, -0.2) is 49.9 Å². The highest BCUT2D eigenvalue weighted by Crippen LogP contribution is 2.31. The van der Waals surface area contributed by atoms with Gasteiger partial charge in [0.1, 0.15) is 12.3 Å². The zero-order valence-electron chi connectivity index (χ0n) is 14.7. The zero-order valence-corrected chi connectivity index (χ0v) is 14.7. The number of nitro groups is 1. The minimum absolute atomic E-state index is 0.0410. The molecule has 0 spiro atoms.